The third-order valence-corrected chi connectivity index (χ3v) is 4.12. The van der Waals surface area contributed by atoms with Gasteiger partial charge in [0.1, 0.15) is 5.82 Å². The minimum absolute atomic E-state index is 0.110. The Bertz CT molecular complexity index is 563. The molecule has 0 radical (unpaired) electrons. The van der Waals surface area contributed by atoms with Crippen molar-refractivity contribution in [3.63, 3.8) is 0 Å². The summed E-state index contributed by atoms with van der Waals surface area (Å²) in [6.07, 6.45) is 0.235. The second-order valence-corrected chi connectivity index (χ2v) is 5.61. The molecule has 1 heterocycles. The minimum Gasteiger partial charge on any atom is -0.481 e. The molecule has 3 atom stereocenters. The van der Waals surface area contributed by atoms with Gasteiger partial charge >= 0.3 is 5.97 Å². The Labute approximate surface area is 128 Å². The zero-order chi connectivity index (χ0) is 16.3. The van der Waals surface area contributed by atoms with Crippen molar-refractivity contribution in [3.8, 4) is 0 Å². The van der Waals surface area contributed by atoms with Crippen molar-refractivity contribution in [3.05, 3.63) is 35.6 Å². The molecule has 3 unspecified atom stereocenters. The van der Waals surface area contributed by atoms with Crippen LogP contribution in [0.3, 0.4) is 0 Å². The largest absolute Gasteiger partial charge is 0.481 e. The van der Waals surface area contributed by atoms with Gasteiger partial charge in [0, 0.05) is 19.7 Å². The number of rotatable bonds is 5. The number of carboxylic acids is 1. The van der Waals surface area contributed by atoms with Crippen molar-refractivity contribution in [1.82, 2.24) is 4.90 Å². The Morgan fingerprint density at radius 3 is 2.82 bits per heavy atom. The van der Waals surface area contributed by atoms with Crippen molar-refractivity contribution < 1.29 is 23.8 Å². The number of methoxy groups -OCH3 is 1. The molecule has 2 rings (SSSR count). The number of aliphatic carboxylic acids is 1. The molecule has 5 nitrogen and oxygen atoms in total. The van der Waals surface area contributed by atoms with Crippen LogP contribution < -0.4 is 0 Å². The number of halogens is 1. The molecule has 1 aliphatic rings. The predicted molar refractivity (Wildman–Crippen MR) is 78.0 cm³/mol. The van der Waals surface area contributed by atoms with Crippen LogP contribution in [0.2, 0.25) is 0 Å². The molecular formula is C16H20FNO4. The van der Waals surface area contributed by atoms with E-state index < -0.39 is 17.7 Å². The van der Waals surface area contributed by atoms with Crippen LogP contribution >= 0.6 is 0 Å². The number of nitrogens with zero attached hydrogens (tertiary/aromatic N) is 1. The molecule has 0 aliphatic carbocycles. The van der Waals surface area contributed by atoms with E-state index >= 15 is 0 Å². The first-order valence-corrected chi connectivity index (χ1v) is 7.23. The van der Waals surface area contributed by atoms with Gasteiger partial charge in [-0.3, -0.25) is 9.59 Å². The van der Waals surface area contributed by atoms with Gasteiger partial charge in [-0.15, -0.1) is 0 Å². The normalized spacial score (nSPS) is 22.6. The molecule has 0 aromatic heterocycles. The molecule has 6 heteroatoms. The summed E-state index contributed by atoms with van der Waals surface area (Å²) in [5.41, 5.74) is 0.583. The average Bonchev–Trinajstić information content (AvgIpc) is 2.88. The predicted octanol–water partition coefficient (Wildman–Crippen LogP) is 2.02. The lowest BCUT2D eigenvalue weighted by Gasteiger charge is -2.26. The van der Waals surface area contributed by atoms with E-state index in [1.807, 2.05) is 0 Å². The monoisotopic (exact) mass is 309 g/mol. The zero-order valence-electron chi connectivity index (χ0n) is 12.7. The number of ether oxygens (including phenoxy) is 1. The highest BCUT2D eigenvalue weighted by atomic mass is 19.1. The number of carbonyl (C=O) groups excluding carboxylic acids is 1. The summed E-state index contributed by atoms with van der Waals surface area (Å²) in [6, 6.07) is 5.53. The van der Waals surface area contributed by atoms with E-state index in [1.165, 1.54) is 12.1 Å². The maximum atomic E-state index is 13.3. The first-order valence-electron chi connectivity index (χ1n) is 7.23. The summed E-state index contributed by atoms with van der Waals surface area (Å²) in [6.45, 7) is 2.07. The molecule has 120 valence electrons. The van der Waals surface area contributed by atoms with E-state index in [-0.39, 0.29) is 24.5 Å². The first kappa shape index (κ1) is 16.4. The molecule has 1 aromatic rings. The van der Waals surface area contributed by atoms with Gasteiger partial charge < -0.3 is 14.7 Å². The second kappa shape index (κ2) is 6.87. The van der Waals surface area contributed by atoms with Crippen LogP contribution in [-0.4, -0.2) is 47.7 Å². The summed E-state index contributed by atoms with van der Waals surface area (Å²) in [5.74, 6) is -2.06. The van der Waals surface area contributed by atoms with Gasteiger partial charge in [0.2, 0.25) is 5.91 Å². The molecule has 1 amide bonds. The molecular weight excluding hydrogens is 289 g/mol. The topological polar surface area (TPSA) is 66.8 Å². The second-order valence-electron chi connectivity index (χ2n) is 5.61. The van der Waals surface area contributed by atoms with Crippen molar-refractivity contribution in [2.75, 3.05) is 13.7 Å². The van der Waals surface area contributed by atoms with Crippen LogP contribution in [0.4, 0.5) is 4.39 Å². The van der Waals surface area contributed by atoms with E-state index in [0.29, 0.717) is 18.5 Å². The number of hydrogen-bond acceptors (Lipinski definition) is 3. The molecule has 1 fully saturated rings. The van der Waals surface area contributed by atoms with Gasteiger partial charge in [0.05, 0.1) is 18.4 Å². The van der Waals surface area contributed by atoms with Gasteiger partial charge in [0.15, 0.2) is 0 Å². The standard InChI is InChI=1S/C16H20FNO4/c1-10(11-4-3-5-12(17)6-11)16(21)18-9-14(22-2)7-13(18)8-15(19)20/h3-6,10,13-14H,7-9H2,1-2H3,(H,19,20). The van der Waals surface area contributed by atoms with Gasteiger partial charge in [-0.2, -0.15) is 0 Å². The van der Waals surface area contributed by atoms with Crippen molar-refractivity contribution >= 4 is 11.9 Å². The summed E-state index contributed by atoms with van der Waals surface area (Å²) in [7, 11) is 1.55. The molecule has 0 spiro atoms. The van der Waals surface area contributed by atoms with Crippen LogP contribution in [0.5, 0.6) is 0 Å². The van der Waals surface area contributed by atoms with Gasteiger partial charge in [0.25, 0.3) is 0 Å². The Morgan fingerprint density at radius 1 is 1.50 bits per heavy atom. The highest BCUT2D eigenvalue weighted by Gasteiger charge is 2.38. The fourth-order valence-electron chi connectivity index (χ4n) is 2.88. The molecule has 1 saturated heterocycles. The van der Waals surface area contributed by atoms with Crippen molar-refractivity contribution in [2.24, 2.45) is 0 Å². The van der Waals surface area contributed by atoms with Crippen molar-refractivity contribution in [1.29, 1.82) is 0 Å². The first-order chi connectivity index (χ1) is 10.4. The van der Waals surface area contributed by atoms with E-state index in [2.05, 4.69) is 0 Å². The van der Waals surface area contributed by atoms with E-state index in [9.17, 15) is 14.0 Å². The molecule has 1 N–H and O–H groups in total. The zero-order valence-corrected chi connectivity index (χ0v) is 12.7. The Balaban J connectivity index is 2.16. The van der Waals surface area contributed by atoms with Crippen LogP contribution in [0.15, 0.2) is 24.3 Å². The number of carbonyl (C=O) groups is 2. The fraction of sp³-hybridized carbons (Fsp3) is 0.500. The molecule has 22 heavy (non-hydrogen) atoms. The van der Waals surface area contributed by atoms with Crippen LogP contribution in [0.25, 0.3) is 0 Å². The summed E-state index contributed by atoms with van der Waals surface area (Å²) >= 11 is 0. The Hall–Kier alpha value is -1.95. The van der Waals surface area contributed by atoms with Gasteiger partial charge in [-0.25, -0.2) is 4.39 Å². The minimum atomic E-state index is -0.946. The lowest BCUT2D eigenvalue weighted by molar-refractivity contribution is -0.140. The highest BCUT2D eigenvalue weighted by molar-refractivity contribution is 5.84. The van der Waals surface area contributed by atoms with Crippen LogP contribution in [-0.2, 0) is 14.3 Å². The summed E-state index contributed by atoms with van der Waals surface area (Å²) < 4.78 is 18.6. The SMILES string of the molecule is COC1CC(CC(=O)O)N(C(=O)C(C)c2cccc(F)c2)C1. The molecule has 1 aromatic carbocycles. The highest BCUT2D eigenvalue weighted by Crippen LogP contribution is 2.28. The molecule has 0 bridgehead atoms. The van der Waals surface area contributed by atoms with Crippen molar-refractivity contribution in [2.45, 2.75) is 37.8 Å². The van der Waals surface area contributed by atoms with Crippen LogP contribution in [0.1, 0.15) is 31.2 Å². The lowest BCUT2D eigenvalue weighted by atomic mass is 9.99. The molecule has 0 saturated carbocycles. The number of carboxylic acid groups (broad SMARTS) is 1. The summed E-state index contributed by atoms with van der Waals surface area (Å²) in [4.78, 5) is 25.2. The van der Waals surface area contributed by atoms with E-state index in [1.54, 1.807) is 31.1 Å². The third kappa shape index (κ3) is 3.62. The smallest absolute Gasteiger partial charge is 0.305 e. The lowest BCUT2D eigenvalue weighted by Crippen LogP contribution is -2.39. The van der Waals surface area contributed by atoms with Crippen LogP contribution in [0, 0.1) is 5.82 Å². The Morgan fingerprint density at radius 2 is 2.23 bits per heavy atom. The average molecular weight is 309 g/mol. The maximum Gasteiger partial charge on any atom is 0.305 e. The maximum absolute atomic E-state index is 13.3. The molecule has 1 aliphatic heterocycles. The number of likely N-dealkylation sites (tertiary alicyclic amines) is 1. The number of hydrogen-bond donors (Lipinski definition) is 1. The quantitative estimate of drug-likeness (QED) is 0.903. The number of benzene rings is 1. The number of amides is 1. The Kier molecular flexibility index (Phi) is 5.13. The van der Waals surface area contributed by atoms with E-state index in [4.69, 9.17) is 9.84 Å². The van der Waals surface area contributed by atoms with Gasteiger partial charge in [-0.05, 0) is 31.0 Å². The van der Waals surface area contributed by atoms with E-state index in [0.717, 1.165) is 0 Å². The third-order valence-electron chi connectivity index (χ3n) is 4.12. The van der Waals surface area contributed by atoms with Gasteiger partial charge in [-0.1, -0.05) is 12.1 Å². The fourth-order valence-corrected chi connectivity index (χ4v) is 2.88. The summed E-state index contributed by atoms with van der Waals surface area (Å²) in [5, 5.41) is 9.00.